The number of hydrogen-bond donors (Lipinski definition) is 0. The fourth-order valence-electron chi connectivity index (χ4n) is 1.46. The first-order valence-electron chi connectivity index (χ1n) is 5.74. The minimum atomic E-state index is 0.443. The van der Waals surface area contributed by atoms with Crippen LogP contribution in [0.3, 0.4) is 0 Å². The largest absolute Gasteiger partial charge is 0.488 e. The lowest BCUT2D eigenvalue weighted by Crippen LogP contribution is -1.93. The van der Waals surface area contributed by atoms with Crippen molar-refractivity contribution in [1.29, 1.82) is 0 Å². The third-order valence-electron chi connectivity index (χ3n) is 2.43. The van der Waals surface area contributed by atoms with Crippen LogP contribution in [0.15, 0.2) is 48.7 Å². The molecular formula is C15H12ClNO2. The first kappa shape index (κ1) is 13.3. The van der Waals surface area contributed by atoms with Gasteiger partial charge in [-0.2, -0.15) is 0 Å². The van der Waals surface area contributed by atoms with Crippen molar-refractivity contribution < 1.29 is 9.53 Å². The number of halogens is 1. The normalized spacial score (nSPS) is 10.6. The van der Waals surface area contributed by atoms with Gasteiger partial charge < -0.3 is 4.74 Å². The molecule has 1 aromatic heterocycles. The highest BCUT2D eigenvalue weighted by molar-refractivity contribution is 6.29. The summed E-state index contributed by atoms with van der Waals surface area (Å²) >= 11 is 5.67. The fraction of sp³-hybridized carbons (Fsp3) is 0.0667. The van der Waals surface area contributed by atoms with Gasteiger partial charge in [0, 0.05) is 5.56 Å². The molecule has 0 aliphatic carbocycles. The Labute approximate surface area is 116 Å². The van der Waals surface area contributed by atoms with E-state index in [-0.39, 0.29) is 0 Å². The molecule has 0 saturated carbocycles. The molecule has 0 spiro atoms. The molecule has 4 heteroatoms. The van der Waals surface area contributed by atoms with Gasteiger partial charge in [0.25, 0.3) is 0 Å². The van der Waals surface area contributed by atoms with E-state index in [2.05, 4.69) is 4.98 Å². The number of benzene rings is 1. The second kappa shape index (κ2) is 6.71. The zero-order valence-corrected chi connectivity index (χ0v) is 10.9. The molecule has 2 rings (SSSR count). The number of pyridine rings is 1. The third kappa shape index (κ3) is 4.23. The Balaban J connectivity index is 1.85. The average Bonchev–Trinajstić information content (AvgIpc) is 2.46. The maximum atomic E-state index is 10.5. The second-order valence-electron chi connectivity index (χ2n) is 3.81. The van der Waals surface area contributed by atoms with Crippen molar-refractivity contribution in [2.75, 3.05) is 6.61 Å². The predicted octanol–water partition coefficient (Wildman–Crippen LogP) is 3.64. The molecular weight excluding hydrogens is 262 g/mol. The zero-order chi connectivity index (χ0) is 13.5. The van der Waals surface area contributed by atoms with E-state index in [1.807, 2.05) is 24.3 Å². The molecule has 0 unspecified atom stereocenters. The van der Waals surface area contributed by atoms with Crippen molar-refractivity contribution in [2.24, 2.45) is 0 Å². The number of aldehydes is 1. The molecule has 0 aliphatic heterocycles. The van der Waals surface area contributed by atoms with Crippen molar-refractivity contribution in [2.45, 2.75) is 0 Å². The highest BCUT2D eigenvalue weighted by Gasteiger charge is 1.93. The second-order valence-corrected chi connectivity index (χ2v) is 4.20. The number of ether oxygens (including phenoxy) is 1. The highest BCUT2D eigenvalue weighted by atomic mass is 35.5. The van der Waals surface area contributed by atoms with Gasteiger partial charge >= 0.3 is 0 Å². The Bertz CT molecular complexity index is 562. The molecule has 0 aliphatic rings. The number of rotatable bonds is 5. The smallest absolute Gasteiger partial charge is 0.150 e. The van der Waals surface area contributed by atoms with Crippen molar-refractivity contribution in [3.63, 3.8) is 0 Å². The van der Waals surface area contributed by atoms with Gasteiger partial charge in [0.2, 0.25) is 0 Å². The summed E-state index contributed by atoms with van der Waals surface area (Å²) in [6.07, 6.45) is 6.22. The SMILES string of the molecule is O=Cc1ccc(C=CCOc2ccc(Cl)nc2)cc1. The summed E-state index contributed by atoms with van der Waals surface area (Å²) in [6.45, 7) is 0.443. The van der Waals surface area contributed by atoms with E-state index < -0.39 is 0 Å². The minimum Gasteiger partial charge on any atom is -0.488 e. The topological polar surface area (TPSA) is 39.2 Å². The maximum Gasteiger partial charge on any atom is 0.150 e. The maximum absolute atomic E-state index is 10.5. The number of carbonyl (C=O) groups excluding carboxylic acids is 1. The van der Waals surface area contributed by atoms with Gasteiger partial charge in [-0.3, -0.25) is 4.79 Å². The Hall–Kier alpha value is -2.13. The lowest BCUT2D eigenvalue weighted by atomic mass is 10.1. The first-order valence-corrected chi connectivity index (χ1v) is 6.12. The van der Waals surface area contributed by atoms with Crippen LogP contribution in [0.2, 0.25) is 5.15 Å². The molecule has 0 N–H and O–H groups in total. The number of aromatic nitrogens is 1. The number of carbonyl (C=O) groups is 1. The number of nitrogens with zero attached hydrogens (tertiary/aromatic N) is 1. The molecule has 3 nitrogen and oxygen atoms in total. The van der Waals surface area contributed by atoms with Gasteiger partial charge in [-0.25, -0.2) is 4.98 Å². The minimum absolute atomic E-state index is 0.443. The van der Waals surface area contributed by atoms with Crippen LogP contribution in [-0.2, 0) is 0 Å². The fourth-order valence-corrected chi connectivity index (χ4v) is 1.57. The van der Waals surface area contributed by atoms with E-state index in [0.717, 1.165) is 11.8 Å². The third-order valence-corrected chi connectivity index (χ3v) is 2.65. The molecule has 0 fully saturated rings. The molecule has 0 amide bonds. The molecule has 19 heavy (non-hydrogen) atoms. The van der Waals surface area contributed by atoms with Gasteiger partial charge in [-0.05, 0) is 23.8 Å². The van der Waals surface area contributed by atoms with E-state index in [9.17, 15) is 4.79 Å². The van der Waals surface area contributed by atoms with Crippen LogP contribution in [0.4, 0.5) is 0 Å². The van der Waals surface area contributed by atoms with Crippen molar-refractivity contribution in [1.82, 2.24) is 4.98 Å². The van der Waals surface area contributed by atoms with Crippen molar-refractivity contribution in [3.05, 3.63) is 65.0 Å². The molecule has 0 atom stereocenters. The monoisotopic (exact) mass is 273 g/mol. The van der Waals surface area contributed by atoms with Crippen LogP contribution in [0.1, 0.15) is 15.9 Å². The summed E-state index contributed by atoms with van der Waals surface area (Å²) in [5.74, 6) is 0.672. The predicted molar refractivity (Wildman–Crippen MR) is 75.6 cm³/mol. The van der Waals surface area contributed by atoms with Crippen molar-refractivity contribution in [3.8, 4) is 5.75 Å². The van der Waals surface area contributed by atoms with Crippen LogP contribution < -0.4 is 4.74 Å². The summed E-state index contributed by atoms with van der Waals surface area (Å²) in [5.41, 5.74) is 1.68. The molecule has 0 radical (unpaired) electrons. The molecule has 96 valence electrons. The zero-order valence-electron chi connectivity index (χ0n) is 10.1. The lowest BCUT2D eigenvalue weighted by molar-refractivity contribution is 0.112. The molecule has 0 saturated heterocycles. The Kier molecular flexibility index (Phi) is 4.70. The lowest BCUT2D eigenvalue weighted by Gasteiger charge is -2.01. The van der Waals surface area contributed by atoms with E-state index in [0.29, 0.717) is 23.1 Å². The van der Waals surface area contributed by atoms with Gasteiger partial charge in [0.1, 0.15) is 23.8 Å². The van der Waals surface area contributed by atoms with Crippen LogP contribution in [0.5, 0.6) is 5.75 Å². The summed E-state index contributed by atoms with van der Waals surface area (Å²) in [6, 6.07) is 10.8. The summed E-state index contributed by atoms with van der Waals surface area (Å²) < 4.78 is 5.46. The van der Waals surface area contributed by atoms with E-state index >= 15 is 0 Å². The Morgan fingerprint density at radius 3 is 2.47 bits per heavy atom. The highest BCUT2D eigenvalue weighted by Crippen LogP contribution is 2.12. The van der Waals surface area contributed by atoms with Gasteiger partial charge in [-0.15, -0.1) is 0 Å². The quantitative estimate of drug-likeness (QED) is 0.617. The van der Waals surface area contributed by atoms with Crippen molar-refractivity contribution >= 4 is 24.0 Å². The van der Waals surface area contributed by atoms with Gasteiger partial charge in [0.15, 0.2) is 0 Å². The molecule has 1 aromatic carbocycles. The summed E-state index contributed by atoms with van der Waals surface area (Å²) in [7, 11) is 0. The summed E-state index contributed by atoms with van der Waals surface area (Å²) in [5, 5.41) is 0.443. The number of hydrogen-bond acceptors (Lipinski definition) is 3. The van der Waals surface area contributed by atoms with Gasteiger partial charge in [-0.1, -0.05) is 41.9 Å². The van der Waals surface area contributed by atoms with E-state index in [1.54, 1.807) is 30.5 Å². The van der Waals surface area contributed by atoms with Crippen LogP contribution in [-0.4, -0.2) is 17.9 Å². The standard InChI is InChI=1S/C15H12ClNO2/c16-15-8-7-14(10-17-15)19-9-1-2-12-3-5-13(11-18)6-4-12/h1-8,10-11H,9H2. The first-order chi connectivity index (χ1) is 9.28. The van der Waals surface area contributed by atoms with Crippen LogP contribution in [0, 0.1) is 0 Å². The van der Waals surface area contributed by atoms with Gasteiger partial charge in [0.05, 0.1) is 6.20 Å². The van der Waals surface area contributed by atoms with Crippen LogP contribution in [0.25, 0.3) is 6.08 Å². The molecule has 0 bridgehead atoms. The summed E-state index contributed by atoms with van der Waals surface area (Å²) in [4.78, 5) is 14.4. The van der Waals surface area contributed by atoms with E-state index in [4.69, 9.17) is 16.3 Å². The van der Waals surface area contributed by atoms with Crippen LogP contribution >= 0.6 is 11.6 Å². The Morgan fingerprint density at radius 2 is 1.84 bits per heavy atom. The molecule has 2 aromatic rings. The average molecular weight is 274 g/mol. The Morgan fingerprint density at radius 1 is 1.11 bits per heavy atom. The van der Waals surface area contributed by atoms with E-state index in [1.165, 1.54) is 0 Å². The molecule has 1 heterocycles.